The van der Waals surface area contributed by atoms with Gasteiger partial charge in [-0.2, -0.15) is 17.5 Å². The Kier molecular flexibility index (Phi) is 7.81. The van der Waals surface area contributed by atoms with E-state index in [2.05, 4.69) is 0 Å². The van der Waals surface area contributed by atoms with E-state index in [0.717, 1.165) is 23.3 Å². The van der Waals surface area contributed by atoms with Crippen molar-refractivity contribution in [2.24, 2.45) is 11.8 Å². The van der Waals surface area contributed by atoms with E-state index in [1.54, 1.807) is 12.1 Å². The highest BCUT2D eigenvalue weighted by Crippen LogP contribution is 2.34. The van der Waals surface area contributed by atoms with Crippen molar-refractivity contribution in [1.29, 1.82) is 0 Å². The molecule has 0 saturated heterocycles. The number of nitrogens with zero attached hydrogens (tertiary/aromatic N) is 1. The zero-order valence-electron chi connectivity index (χ0n) is 18.1. The first kappa shape index (κ1) is 25.2. The fourth-order valence-electron chi connectivity index (χ4n) is 4.19. The summed E-state index contributed by atoms with van der Waals surface area (Å²) in [7, 11) is -4.23. The maximum Gasteiger partial charge on any atom is 0.416 e. The standard InChI is InChI=1S/C23H26F3N2O4S/c1-16-5-2-3-6-19(16)15-28(14-17-9-11-18(12-10-17)22(29)27-30)33(31,32)21-8-4-7-20(13-21)23(24,25)26/h2-8,13,17-18H,9-12,14-15H2,1H3,(H-,27,29,30)/q-1. The number of carbonyl (C=O) groups is 1. The molecule has 1 aliphatic carbocycles. The number of carbonyl (C=O) groups excluding carboxylic acids is 1. The first-order valence-corrected chi connectivity index (χ1v) is 12.1. The topological polar surface area (TPSA) is 89.5 Å². The van der Waals surface area contributed by atoms with Crippen LogP contribution < -0.4 is 5.48 Å². The number of nitrogens with one attached hydrogen (secondary N) is 1. The van der Waals surface area contributed by atoms with Crippen molar-refractivity contribution >= 4 is 15.9 Å². The maximum absolute atomic E-state index is 13.5. The van der Waals surface area contributed by atoms with Gasteiger partial charge in [0.1, 0.15) is 0 Å². The molecule has 6 nitrogen and oxygen atoms in total. The molecule has 1 amide bonds. The third kappa shape index (κ3) is 6.13. The van der Waals surface area contributed by atoms with Gasteiger partial charge < -0.3 is 10.7 Å². The molecule has 180 valence electrons. The van der Waals surface area contributed by atoms with Crippen LogP contribution in [-0.4, -0.2) is 25.2 Å². The van der Waals surface area contributed by atoms with Gasteiger partial charge in [0.25, 0.3) is 0 Å². The van der Waals surface area contributed by atoms with Gasteiger partial charge in [0.2, 0.25) is 15.9 Å². The molecule has 0 bridgehead atoms. The molecule has 10 heteroatoms. The zero-order valence-corrected chi connectivity index (χ0v) is 19.0. The summed E-state index contributed by atoms with van der Waals surface area (Å²) in [6.45, 7) is 1.97. The number of alkyl halides is 3. The molecular formula is C23H26F3N2O4S-. The fourth-order valence-corrected chi connectivity index (χ4v) is 5.73. The van der Waals surface area contributed by atoms with E-state index in [-0.39, 0.29) is 19.0 Å². The van der Waals surface area contributed by atoms with Crippen LogP contribution in [0.3, 0.4) is 0 Å². The Morgan fingerprint density at radius 3 is 2.36 bits per heavy atom. The van der Waals surface area contributed by atoms with E-state index < -0.39 is 38.5 Å². The molecule has 1 saturated carbocycles. The van der Waals surface area contributed by atoms with Gasteiger partial charge in [-0.3, -0.25) is 4.79 Å². The van der Waals surface area contributed by atoms with Crippen LogP contribution in [0, 0.1) is 24.0 Å². The molecule has 0 spiro atoms. The van der Waals surface area contributed by atoms with Gasteiger partial charge in [-0.25, -0.2) is 8.42 Å². The summed E-state index contributed by atoms with van der Waals surface area (Å²) in [6, 6.07) is 11.0. The summed E-state index contributed by atoms with van der Waals surface area (Å²) in [4.78, 5) is 11.2. The Balaban J connectivity index is 1.89. The van der Waals surface area contributed by atoms with Gasteiger partial charge >= 0.3 is 6.18 Å². The lowest BCUT2D eigenvalue weighted by Gasteiger charge is -2.32. The van der Waals surface area contributed by atoms with Gasteiger partial charge in [-0.15, -0.1) is 0 Å². The lowest BCUT2D eigenvalue weighted by molar-refractivity contribution is -0.137. The predicted octanol–water partition coefficient (Wildman–Crippen LogP) is 4.63. The van der Waals surface area contributed by atoms with Crippen LogP contribution in [0.1, 0.15) is 42.4 Å². The maximum atomic E-state index is 13.5. The second-order valence-electron chi connectivity index (χ2n) is 8.43. The highest BCUT2D eigenvalue weighted by Gasteiger charge is 2.34. The predicted molar refractivity (Wildman–Crippen MR) is 117 cm³/mol. The molecule has 1 aliphatic rings. The van der Waals surface area contributed by atoms with Gasteiger partial charge in [0, 0.05) is 19.0 Å². The van der Waals surface area contributed by atoms with Crippen molar-refractivity contribution in [2.45, 2.75) is 50.2 Å². The van der Waals surface area contributed by atoms with Crippen molar-refractivity contribution in [3.8, 4) is 0 Å². The largest absolute Gasteiger partial charge is 0.759 e. The van der Waals surface area contributed by atoms with E-state index in [4.69, 9.17) is 0 Å². The summed E-state index contributed by atoms with van der Waals surface area (Å²) in [5, 5.41) is 10.6. The highest BCUT2D eigenvalue weighted by molar-refractivity contribution is 7.89. The first-order chi connectivity index (χ1) is 15.5. The van der Waals surface area contributed by atoms with Crippen LogP contribution >= 0.6 is 0 Å². The quantitative estimate of drug-likeness (QED) is 0.582. The van der Waals surface area contributed by atoms with Crippen molar-refractivity contribution in [3.05, 3.63) is 70.4 Å². The Morgan fingerprint density at radius 1 is 1.09 bits per heavy atom. The summed E-state index contributed by atoms with van der Waals surface area (Å²) in [5.41, 5.74) is 2.01. The Hall–Kier alpha value is -2.43. The number of halogens is 3. The molecule has 33 heavy (non-hydrogen) atoms. The molecule has 0 radical (unpaired) electrons. The lowest BCUT2D eigenvalue weighted by atomic mass is 9.81. The number of hydrogen-bond acceptors (Lipinski definition) is 4. The minimum atomic E-state index is -4.66. The molecule has 2 aromatic carbocycles. The van der Waals surface area contributed by atoms with E-state index >= 15 is 0 Å². The number of rotatable bonds is 7. The van der Waals surface area contributed by atoms with Crippen LogP contribution in [0.5, 0.6) is 0 Å². The van der Waals surface area contributed by atoms with Crippen LogP contribution in [0.25, 0.3) is 0 Å². The number of aryl methyl sites for hydroxylation is 1. The van der Waals surface area contributed by atoms with E-state index in [1.807, 2.05) is 19.1 Å². The highest BCUT2D eigenvalue weighted by atomic mass is 32.2. The van der Waals surface area contributed by atoms with Crippen LogP contribution in [0.4, 0.5) is 13.2 Å². The van der Waals surface area contributed by atoms with Crippen molar-refractivity contribution in [1.82, 2.24) is 9.79 Å². The average molecular weight is 484 g/mol. The molecule has 3 rings (SSSR count). The summed E-state index contributed by atoms with van der Waals surface area (Å²) < 4.78 is 67.8. The van der Waals surface area contributed by atoms with Gasteiger partial charge in [-0.05, 0) is 67.9 Å². The molecule has 1 N–H and O–H groups in total. The monoisotopic (exact) mass is 483 g/mol. The zero-order chi connectivity index (χ0) is 24.2. The molecule has 0 aromatic heterocycles. The Bertz CT molecular complexity index is 1080. The molecule has 1 fully saturated rings. The summed E-state index contributed by atoms with van der Waals surface area (Å²) >= 11 is 0. The number of amides is 1. The fraction of sp³-hybridized carbons (Fsp3) is 0.435. The van der Waals surface area contributed by atoms with E-state index in [9.17, 15) is 31.6 Å². The molecular weight excluding hydrogens is 457 g/mol. The van der Waals surface area contributed by atoms with Gasteiger partial charge in [0.05, 0.1) is 10.5 Å². The number of sulfonamides is 1. The number of benzene rings is 2. The van der Waals surface area contributed by atoms with Crippen molar-refractivity contribution < 1.29 is 26.4 Å². The Labute approximate surface area is 191 Å². The van der Waals surface area contributed by atoms with Gasteiger partial charge in [0.15, 0.2) is 0 Å². The normalized spacial score (nSPS) is 19.5. The minimum absolute atomic E-state index is 0.0201. The lowest BCUT2D eigenvalue weighted by Crippen LogP contribution is -2.38. The summed E-state index contributed by atoms with van der Waals surface area (Å²) in [5.74, 6) is -1.05. The molecule has 0 heterocycles. The van der Waals surface area contributed by atoms with Crippen molar-refractivity contribution in [2.75, 3.05) is 6.54 Å². The van der Waals surface area contributed by atoms with Gasteiger partial charge in [-0.1, -0.05) is 30.3 Å². The second-order valence-corrected chi connectivity index (χ2v) is 10.4. The number of hydroxylamine groups is 1. The SMILES string of the molecule is Cc1ccccc1CN(CC1CCC(C(=O)N[O-])CC1)S(=O)(=O)c1cccc(C(F)(F)F)c1. The second kappa shape index (κ2) is 10.2. The van der Waals surface area contributed by atoms with E-state index in [1.165, 1.54) is 15.9 Å². The number of hydrogen-bond donors (Lipinski definition) is 1. The van der Waals surface area contributed by atoms with Crippen molar-refractivity contribution in [3.63, 3.8) is 0 Å². The smallest absolute Gasteiger partial charge is 0.416 e. The summed E-state index contributed by atoms with van der Waals surface area (Å²) in [6.07, 6.45) is -2.66. The van der Waals surface area contributed by atoms with Crippen LogP contribution in [0.15, 0.2) is 53.4 Å². The molecule has 0 aliphatic heterocycles. The first-order valence-electron chi connectivity index (χ1n) is 10.7. The average Bonchev–Trinajstić information content (AvgIpc) is 2.79. The molecule has 0 atom stereocenters. The minimum Gasteiger partial charge on any atom is -0.759 e. The third-order valence-corrected chi connectivity index (χ3v) is 7.99. The molecule has 2 aromatic rings. The Morgan fingerprint density at radius 2 is 1.76 bits per heavy atom. The van der Waals surface area contributed by atoms with Crippen LogP contribution in [-0.2, 0) is 27.5 Å². The third-order valence-electron chi connectivity index (χ3n) is 6.19. The molecule has 0 unspecified atom stereocenters. The van der Waals surface area contributed by atoms with Crippen LogP contribution in [0.2, 0.25) is 0 Å². The van der Waals surface area contributed by atoms with E-state index in [0.29, 0.717) is 31.7 Å².